The monoisotopic (exact) mass is 731 g/mol. The maximum absolute atomic E-state index is 2.57. The number of hydrogen-bond acceptors (Lipinski definition) is 0. The first-order valence-electron chi connectivity index (χ1n) is 20.5. The normalized spacial score (nSPS) is 13.8. The lowest BCUT2D eigenvalue weighted by atomic mass is 9.95. The van der Waals surface area contributed by atoms with Crippen molar-refractivity contribution in [2.75, 3.05) is 0 Å². The average molecular weight is 732 g/mol. The SMILES string of the molecule is C1=Cc2c(n(-c3ccc4c5ccccc5n(-c5cccc(-c6ccc(-c7ccccc7)cc6)c5)c4c3)c3cc(-n4c5c(c6ccccc64)CCCC5)ccc23)CC1. The summed E-state index contributed by atoms with van der Waals surface area (Å²) in [6.45, 7) is 0. The summed E-state index contributed by atoms with van der Waals surface area (Å²) in [5.41, 5.74) is 19.3. The van der Waals surface area contributed by atoms with Crippen LogP contribution in [0.15, 0.2) is 170 Å². The Kier molecular flexibility index (Phi) is 7.31. The van der Waals surface area contributed by atoms with E-state index in [9.17, 15) is 0 Å². The van der Waals surface area contributed by atoms with Crippen molar-refractivity contribution in [3.05, 3.63) is 192 Å². The van der Waals surface area contributed by atoms with Crippen LogP contribution in [-0.2, 0) is 19.3 Å². The molecule has 57 heavy (non-hydrogen) atoms. The predicted molar refractivity (Wildman–Crippen MR) is 239 cm³/mol. The molecule has 3 aromatic heterocycles. The molecule has 0 amide bonds. The van der Waals surface area contributed by atoms with E-state index in [1.165, 1.54) is 107 Å². The Bertz CT molecular complexity index is 3220. The van der Waals surface area contributed by atoms with Gasteiger partial charge in [-0.05, 0) is 115 Å². The number of benzene rings is 7. The molecule has 0 fully saturated rings. The fourth-order valence-electron chi connectivity index (χ4n) is 10.1. The van der Waals surface area contributed by atoms with E-state index in [0.29, 0.717) is 0 Å². The molecule has 7 aromatic carbocycles. The van der Waals surface area contributed by atoms with Gasteiger partial charge in [0.25, 0.3) is 0 Å². The predicted octanol–water partition coefficient (Wildman–Crippen LogP) is 13.8. The van der Waals surface area contributed by atoms with Crippen LogP contribution in [0.5, 0.6) is 0 Å². The topological polar surface area (TPSA) is 14.8 Å². The lowest BCUT2D eigenvalue weighted by Gasteiger charge is -2.17. The van der Waals surface area contributed by atoms with Gasteiger partial charge >= 0.3 is 0 Å². The summed E-state index contributed by atoms with van der Waals surface area (Å²) >= 11 is 0. The highest BCUT2D eigenvalue weighted by Gasteiger charge is 2.24. The Morgan fingerprint density at radius 2 is 0.930 bits per heavy atom. The van der Waals surface area contributed by atoms with Crippen LogP contribution in [0.2, 0.25) is 0 Å². The highest BCUT2D eigenvalue weighted by atomic mass is 15.0. The van der Waals surface area contributed by atoms with Gasteiger partial charge in [0.1, 0.15) is 0 Å². The van der Waals surface area contributed by atoms with Gasteiger partial charge in [-0.3, -0.25) is 0 Å². The fourth-order valence-corrected chi connectivity index (χ4v) is 10.1. The maximum Gasteiger partial charge on any atom is 0.0561 e. The van der Waals surface area contributed by atoms with Crippen molar-refractivity contribution in [2.24, 2.45) is 0 Å². The van der Waals surface area contributed by atoms with E-state index in [1.54, 1.807) is 5.56 Å². The van der Waals surface area contributed by atoms with Gasteiger partial charge in [0.2, 0.25) is 0 Å². The number of aryl methyl sites for hydroxylation is 1. The Labute approximate surface area is 332 Å². The van der Waals surface area contributed by atoms with Crippen LogP contribution >= 0.6 is 0 Å². The second-order valence-electron chi connectivity index (χ2n) is 15.9. The molecule has 12 rings (SSSR count). The fraction of sp³-hybridized carbons (Fsp3) is 0.111. The van der Waals surface area contributed by atoms with Gasteiger partial charge in [0.05, 0.1) is 22.1 Å². The van der Waals surface area contributed by atoms with Gasteiger partial charge in [-0.1, -0.05) is 127 Å². The minimum Gasteiger partial charge on any atom is -0.313 e. The van der Waals surface area contributed by atoms with Crippen LogP contribution in [0.1, 0.15) is 41.8 Å². The summed E-state index contributed by atoms with van der Waals surface area (Å²) in [6, 6.07) is 60.9. The summed E-state index contributed by atoms with van der Waals surface area (Å²) in [6.07, 6.45) is 11.6. The van der Waals surface area contributed by atoms with Crippen LogP contribution in [-0.4, -0.2) is 13.7 Å². The van der Waals surface area contributed by atoms with Crippen LogP contribution in [0.4, 0.5) is 0 Å². The van der Waals surface area contributed by atoms with Crippen LogP contribution in [0.25, 0.3) is 89.0 Å². The molecule has 3 heteroatoms. The number of fused-ring (bicyclic) bond motifs is 9. The van der Waals surface area contributed by atoms with Crippen molar-refractivity contribution < 1.29 is 0 Å². The second kappa shape index (κ2) is 12.9. The van der Waals surface area contributed by atoms with Crippen molar-refractivity contribution in [3.8, 4) is 39.3 Å². The summed E-state index contributed by atoms with van der Waals surface area (Å²) < 4.78 is 7.61. The molecule has 3 nitrogen and oxygen atoms in total. The molecule has 0 spiro atoms. The lowest BCUT2D eigenvalue weighted by molar-refractivity contribution is 0.667. The molecule has 0 aliphatic heterocycles. The van der Waals surface area contributed by atoms with Crippen LogP contribution in [0, 0.1) is 0 Å². The summed E-state index contributed by atoms with van der Waals surface area (Å²) in [4.78, 5) is 0. The highest BCUT2D eigenvalue weighted by molar-refractivity contribution is 6.10. The number of rotatable bonds is 5. The maximum atomic E-state index is 2.57. The van der Waals surface area contributed by atoms with Crippen molar-refractivity contribution in [2.45, 2.75) is 38.5 Å². The first-order valence-corrected chi connectivity index (χ1v) is 20.5. The smallest absolute Gasteiger partial charge is 0.0561 e. The Balaban J connectivity index is 1.04. The number of para-hydroxylation sites is 2. The number of aromatic nitrogens is 3. The van der Waals surface area contributed by atoms with Crippen LogP contribution in [0.3, 0.4) is 0 Å². The van der Waals surface area contributed by atoms with E-state index in [-0.39, 0.29) is 0 Å². The minimum absolute atomic E-state index is 1.02. The number of hydrogen-bond donors (Lipinski definition) is 0. The zero-order valence-electron chi connectivity index (χ0n) is 31.8. The van der Waals surface area contributed by atoms with E-state index in [0.717, 1.165) is 31.4 Å². The van der Waals surface area contributed by atoms with E-state index in [4.69, 9.17) is 0 Å². The summed E-state index contributed by atoms with van der Waals surface area (Å²) in [5.74, 6) is 0. The van der Waals surface area contributed by atoms with E-state index in [1.807, 2.05) is 0 Å². The second-order valence-corrected chi connectivity index (χ2v) is 15.9. The Morgan fingerprint density at radius 3 is 1.74 bits per heavy atom. The molecule has 0 radical (unpaired) electrons. The third-order valence-corrected chi connectivity index (χ3v) is 12.7. The Hall–Kier alpha value is -6.84. The zero-order valence-corrected chi connectivity index (χ0v) is 31.8. The molecule has 2 aliphatic rings. The van der Waals surface area contributed by atoms with Crippen molar-refractivity contribution in [1.82, 2.24) is 13.7 Å². The van der Waals surface area contributed by atoms with Gasteiger partial charge in [0, 0.05) is 55.6 Å². The van der Waals surface area contributed by atoms with Crippen molar-refractivity contribution >= 4 is 49.7 Å². The molecule has 0 atom stereocenters. The molecule has 0 bridgehead atoms. The standard InChI is InChI=1S/C54H41N3/c1-2-13-36(14-3-1)37-25-27-38(28-26-37)39-15-12-16-40(33-39)56-51-23-10-6-19-45(51)47-32-30-42(35-53(47)56)57-52-24-11-7-20-46(52)48-31-29-41(34-54(48)57)55-49-21-8-4-17-43(49)44-18-5-9-22-50(44)55/h1-4,6-8,10,12-17,19-21,23,25-35H,5,9,11,18,22,24H2. The van der Waals surface area contributed by atoms with E-state index < -0.39 is 0 Å². The lowest BCUT2D eigenvalue weighted by Crippen LogP contribution is -2.07. The molecule has 0 N–H and O–H groups in total. The van der Waals surface area contributed by atoms with Crippen molar-refractivity contribution in [1.29, 1.82) is 0 Å². The number of nitrogens with zero attached hydrogens (tertiary/aromatic N) is 3. The molecule has 0 saturated carbocycles. The first kappa shape index (κ1) is 32.4. The quantitative estimate of drug-likeness (QED) is 0.167. The van der Waals surface area contributed by atoms with Gasteiger partial charge in [-0.25, -0.2) is 0 Å². The molecular formula is C54H41N3. The number of allylic oxidation sites excluding steroid dienone is 1. The molecule has 3 heterocycles. The molecular weight excluding hydrogens is 691 g/mol. The van der Waals surface area contributed by atoms with E-state index in [2.05, 4.69) is 190 Å². The molecule has 2 aliphatic carbocycles. The summed E-state index contributed by atoms with van der Waals surface area (Å²) in [7, 11) is 0. The highest BCUT2D eigenvalue weighted by Crippen LogP contribution is 2.41. The van der Waals surface area contributed by atoms with Crippen molar-refractivity contribution in [3.63, 3.8) is 0 Å². The van der Waals surface area contributed by atoms with E-state index >= 15 is 0 Å². The van der Waals surface area contributed by atoms with Gasteiger partial charge in [-0.15, -0.1) is 0 Å². The third kappa shape index (κ3) is 5.05. The van der Waals surface area contributed by atoms with Crippen LogP contribution < -0.4 is 0 Å². The minimum atomic E-state index is 1.02. The molecule has 272 valence electrons. The van der Waals surface area contributed by atoms with Gasteiger partial charge in [0.15, 0.2) is 0 Å². The third-order valence-electron chi connectivity index (χ3n) is 12.7. The zero-order chi connectivity index (χ0) is 37.5. The molecule has 0 saturated heterocycles. The molecule has 10 aromatic rings. The summed E-state index contributed by atoms with van der Waals surface area (Å²) in [5, 5.41) is 5.27. The molecule has 0 unspecified atom stereocenters. The Morgan fingerprint density at radius 1 is 0.351 bits per heavy atom. The van der Waals surface area contributed by atoms with Gasteiger partial charge in [-0.2, -0.15) is 0 Å². The largest absolute Gasteiger partial charge is 0.313 e. The van der Waals surface area contributed by atoms with Gasteiger partial charge < -0.3 is 13.7 Å². The first-order chi connectivity index (χ1) is 28.3. The average Bonchev–Trinajstić information content (AvgIpc) is 3.92.